The van der Waals surface area contributed by atoms with Gasteiger partial charge in [-0.15, -0.1) is 0 Å². The molecule has 1 aromatic heterocycles. The molecule has 0 aromatic carbocycles. The van der Waals surface area contributed by atoms with E-state index in [-0.39, 0.29) is 12.5 Å². The second kappa shape index (κ2) is 7.05. The van der Waals surface area contributed by atoms with E-state index in [9.17, 15) is 4.79 Å². The van der Waals surface area contributed by atoms with E-state index < -0.39 is 0 Å². The predicted octanol–water partition coefficient (Wildman–Crippen LogP) is 0.404. The smallest absolute Gasteiger partial charge is 0.241 e. The zero-order chi connectivity index (χ0) is 15.2. The quantitative estimate of drug-likeness (QED) is 0.785. The SMILES string of the molecule is CCN(C)C(=O)CNc1nc(NC)nc(N2CCCC2)n1. The van der Waals surface area contributed by atoms with Gasteiger partial charge in [0.15, 0.2) is 0 Å². The zero-order valence-electron chi connectivity index (χ0n) is 12.9. The van der Waals surface area contributed by atoms with Crippen LogP contribution >= 0.6 is 0 Å². The molecular weight excluding hydrogens is 270 g/mol. The Hall–Kier alpha value is -2.12. The lowest BCUT2D eigenvalue weighted by Gasteiger charge is -2.17. The molecule has 1 aliphatic rings. The molecular formula is C13H23N7O. The number of amides is 1. The molecule has 1 amide bonds. The summed E-state index contributed by atoms with van der Waals surface area (Å²) in [6.07, 6.45) is 2.31. The highest BCUT2D eigenvalue weighted by Crippen LogP contribution is 2.18. The van der Waals surface area contributed by atoms with Crippen molar-refractivity contribution in [3.05, 3.63) is 0 Å². The van der Waals surface area contributed by atoms with Gasteiger partial charge in [0.2, 0.25) is 23.8 Å². The molecule has 0 saturated carbocycles. The van der Waals surface area contributed by atoms with Crippen molar-refractivity contribution in [1.82, 2.24) is 19.9 Å². The van der Waals surface area contributed by atoms with Gasteiger partial charge in [-0.3, -0.25) is 4.79 Å². The summed E-state index contributed by atoms with van der Waals surface area (Å²) in [4.78, 5) is 28.6. The average molecular weight is 293 g/mol. The van der Waals surface area contributed by atoms with Crippen molar-refractivity contribution in [2.24, 2.45) is 0 Å². The van der Waals surface area contributed by atoms with Crippen molar-refractivity contribution in [1.29, 1.82) is 0 Å². The number of likely N-dealkylation sites (N-methyl/N-ethyl adjacent to an activating group) is 1. The Bertz CT molecular complexity index is 487. The molecule has 2 heterocycles. The number of anilines is 3. The van der Waals surface area contributed by atoms with Gasteiger partial charge in [-0.2, -0.15) is 15.0 Å². The molecule has 1 aliphatic heterocycles. The summed E-state index contributed by atoms with van der Waals surface area (Å²) in [5, 5.41) is 5.91. The van der Waals surface area contributed by atoms with Gasteiger partial charge in [-0.1, -0.05) is 0 Å². The van der Waals surface area contributed by atoms with Crippen LogP contribution in [0.25, 0.3) is 0 Å². The molecule has 1 aromatic rings. The van der Waals surface area contributed by atoms with Crippen LogP contribution in [0.4, 0.5) is 17.8 Å². The average Bonchev–Trinajstić information content (AvgIpc) is 3.05. The van der Waals surface area contributed by atoms with Gasteiger partial charge >= 0.3 is 0 Å². The maximum Gasteiger partial charge on any atom is 0.241 e. The largest absolute Gasteiger partial charge is 0.357 e. The van der Waals surface area contributed by atoms with Gasteiger partial charge in [0.1, 0.15) is 0 Å². The Kier molecular flexibility index (Phi) is 5.13. The molecule has 0 aliphatic carbocycles. The molecule has 21 heavy (non-hydrogen) atoms. The van der Waals surface area contributed by atoms with E-state index in [1.807, 2.05) is 6.92 Å². The maximum atomic E-state index is 11.8. The van der Waals surface area contributed by atoms with Crippen LogP contribution in [0.2, 0.25) is 0 Å². The molecule has 0 radical (unpaired) electrons. The first-order valence-corrected chi connectivity index (χ1v) is 7.30. The summed E-state index contributed by atoms with van der Waals surface area (Å²) >= 11 is 0. The van der Waals surface area contributed by atoms with Crippen molar-refractivity contribution < 1.29 is 4.79 Å². The number of carbonyl (C=O) groups is 1. The van der Waals surface area contributed by atoms with E-state index in [2.05, 4.69) is 30.5 Å². The van der Waals surface area contributed by atoms with Crippen LogP contribution in [0.15, 0.2) is 0 Å². The Morgan fingerprint density at radius 1 is 1.24 bits per heavy atom. The highest BCUT2D eigenvalue weighted by molar-refractivity contribution is 5.80. The Morgan fingerprint density at radius 3 is 2.52 bits per heavy atom. The van der Waals surface area contributed by atoms with E-state index >= 15 is 0 Å². The second-order valence-corrected chi connectivity index (χ2v) is 4.99. The van der Waals surface area contributed by atoms with Gasteiger partial charge in [-0.05, 0) is 19.8 Å². The van der Waals surface area contributed by atoms with Crippen molar-refractivity contribution in [3.63, 3.8) is 0 Å². The molecule has 2 N–H and O–H groups in total. The third kappa shape index (κ3) is 3.93. The first-order chi connectivity index (χ1) is 10.1. The van der Waals surface area contributed by atoms with Gasteiger partial charge in [-0.25, -0.2) is 0 Å². The number of rotatable bonds is 6. The van der Waals surface area contributed by atoms with E-state index in [1.165, 1.54) is 0 Å². The van der Waals surface area contributed by atoms with Gasteiger partial charge < -0.3 is 20.4 Å². The standard InChI is InChI=1S/C13H23N7O/c1-4-19(3)10(21)9-15-12-16-11(14-2)17-13(18-12)20-7-5-6-8-20/h4-9H2,1-3H3,(H2,14,15,16,17,18). The number of carbonyl (C=O) groups excluding carboxylic acids is 1. The van der Waals surface area contributed by atoms with Gasteiger partial charge in [0.25, 0.3) is 0 Å². The monoisotopic (exact) mass is 293 g/mol. The third-order valence-electron chi connectivity index (χ3n) is 3.53. The van der Waals surface area contributed by atoms with Crippen LogP contribution < -0.4 is 15.5 Å². The molecule has 1 fully saturated rings. The molecule has 0 spiro atoms. The van der Waals surface area contributed by atoms with Gasteiger partial charge in [0, 0.05) is 33.7 Å². The maximum absolute atomic E-state index is 11.8. The Morgan fingerprint density at radius 2 is 1.90 bits per heavy atom. The first-order valence-electron chi connectivity index (χ1n) is 7.30. The van der Waals surface area contributed by atoms with Crippen LogP contribution in [0, 0.1) is 0 Å². The fourth-order valence-electron chi connectivity index (χ4n) is 2.08. The molecule has 0 atom stereocenters. The fourth-order valence-corrected chi connectivity index (χ4v) is 2.08. The minimum atomic E-state index is 0.00615. The van der Waals surface area contributed by atoms with Crippen LogP contribution in [-0.2, 0) is 4.79 Å². The van der Waals surface area contributed by atoms with Crippen LogP contribution in [0.5, 0.6) is 0 Å². The molecule has 116 valence electrons. The van der Waals surface area contributed by atoms with E-state index in [1.54, 1.807) is 19.0 Å². The summed E-state index contributed by atoms with van der Waals surface area (Å²) < 4.78 is 0. The summed E-state index contributed by atoms with van der Waals surface area (Å²) in [5.41, 5.74) is 0. The van der Waals surface area contributed by atoms with Gasteiger partial charge in [0.05, 0.1) is 6.54 Å². The van der Waals surface area contributed by atoms with Crippen molar-refractivity contribution in [2.75, 3.05) is 55.8 Å². The van der Waals surface area contributed by atoms with E-state index in [0.717, 1.165) is 25.9 Å². The summed E-state index contributed by atoms with van der Waals surface area (Å²) in [7, 11) is 3.54. The lowest BCUT2D eigenvalue weighted by atomic mass is 10.4. The van der Waals surface area contributed by atoms with Crippen LogP contribution in [0.3, 0.4) is 0 Å². The Labute approximate surface area is 125 Å². The first kappa shape index (κ1) is 15.3. The summed E-state index contributed by atoms with van der Waals surface area (Å²) in [6, 6.07) is 0. The summed E-state index contributed by atoms with van der Waals surface area (Å²) in [6.45, 7) is 4.72. The lowest BCUT2D eigenvalue weighted by molar-refractivity contribution is -0.127. The van der Waals surface area contributed by atoms with Crippen LogP contribution in [-0.4, -0.2) is 66.0 Å². The van der Waals surface area contributed by atoms with Crippen molar-refractivity contribution >= 4 is 23.8 Å². The highest BCUT2D eigenvalue weighted by atomic mass is 16.2. The lowest BCUT2D eigenvalue weighted by Crippen LogP contribution is -2.32. The van der Waals surface area contributed by atoms with Crippen molar-refractivity contribution in [3.8, 4) is 0 Å². The number of nitrogens with zero attached hydrogens (tertiary/aromatic N) is 5. The molecule has 8 heteroatoms. The number of hydrogen-bond donors (Lipinski definition) is 2. The zero-order valence-corrected chi connectivity index (χ0v) is 12.9. The summed E-state index contributed by atoms with van der Waals surface area (Å²) in [5.74, 6) is 1.59. The molecule has 0 unspecified atom stereocenters. The van der Waals surface area contributed by atoms with E-state index in [0.29, 0.717) is 24.4 Å². The third-order valence-corrected chi connectivity index (χ3v) is 3.53. The minimum absolute atomic E-state index is 0.00615. The number of hydrogen-bond acceptors (Lipinski definition) is 7. The molecule has 8 nitrogen and oxygen atoms in total. The van der Waals surface area contributed by atoms with Crippen LogP contribution in [0.1, 0.15) is 19.8 Å². The number of nitrogens with one attached hydrogen (secondary N) is 2. The predicted molar refractivity (Wildman–Crippen MR) is 82.6 cm³/mol. The topological polar surface area (TPSA) is 86.3 Å². The molecule has 1 saturated heterocycles. The molecule has 0 bridgehead atoms. The molecule has 2 rings (SSSR count). The highest BCUT2D eigenvalue weighted by Gasteiger charge is 2.17. The minimum Gasteiger partial charge on any atom is -0.357 e. The normalized spacial score (nSPS) is 14.1. The number of aromatic nitrogens is 3. The Balaban J connectivity index is 2.07. The second-order valence-electron chi connectivity index (χ2n) is 4.99. The van der Waals surface area contributed by atoms with Crippen molar-refractivity contribution in [2.45, 2.75) is 19.8 Å². The van der Waals surface area contributed by atoms with E-state index in [4.69, 9.17) is 0 Å². The fraction of sp³-hybridized carbons (Fsp3) is 0.692.